The fourth-order valence-electron chi connectivity index (χ4n) is 5.14. The normalized spacial score (nSPS) is 15.1. The third-order valence-corrected chi connectivity index (χ3v) is 9.80. The van der Waals surface area contributed by atoms with Crippen molar-refractivity contribution in [3.63, 3.8) is 0 Å². The molecule has 0 saturated heterocycles. The molecule has 0 amide bonds. The summed E-state index contributed by atoms with van der Waals surface area (Å²) < 4.78 is 55.9. The zero-order valence-corrected chi connectivity index (χ0v) is 23.8. The molecule has 13 heteroatoms. The van der Waals surface area contributed by atoms with Crippen LogP contribution < -0.4 is 5.14 Å². The van der Waals surface area contributed by atoms with Crippen LogP contribution in [0, 0.1) is 11.6 Å². The first kappa shape index (κ1) is 27.9. The molecule has 202 valence electrons. The van der Waals surface area contributed by atoms with E-state index in [4.69, 9.17) is 28.3 Å². The number of pyridine rings is 1. The highest BCUT2D eigenvalue weighted by atomic mass is 79.9. The average molecular weight is 657 g/mol. The van der Waals surface area contributed by atoms with Gasteiger partial charge in [-0.2, -0.15) is 0 Å². The van der Waals surface area contributed by atoms with Gasteiger partial charge in [0.2, 0.25) is 15.8 Å². The van der Waals surface area contributed by atoms with Gasteiger partial charge in [-0.15, -0.1) is 0 Å². The van der Waals surface area contributed by atoms with E-state index in [9.17, 15) is 18.0 Å². The molecule has 7 nitrogen and oxygen atoms in total. The maximum Gasteiger partial charge on any atom is 0.266 e. The SMILES string of the molecule is NS(=O)(=O)C1(c2ccc(F)c(C(=O)c3cn(C(=O)c4c(Cl)cccc4Cl)c4ncc(Br)cc34)c2F)CCCC1. The van der Waals surface area contributed by atoms with Crippen molar-refractivity contribution in [3.8, 4) is 0 Å². The minimum atomic E-state index is -4.31. The first-order valence-electron chi connectivity index (χ1n) is 11.6. The highest BCUT2D eigenvalue weighted by Crippen LogP contribution is 2.46. The van der Waals surface area contributed by atoms with Gasteiger partial charge < -0.3 is 0 Å². The second kappa shape index (κ2) is 10.0. The van der Waals surface area contributed by atoms with Crippen molar-refractivity contribution in [1.29, 1.82) is 0 Å². The lowest BCUT2D eigenvalue weighted by Crippen LogP contribution is -2.39. The van der Waals surface area contributed by atoms with Crippen LogP contribution in [-0.4, -0.2) is 29.7 Å². The van der Waals surface area contributed by atoms with Gasteiger partial charge >= 0.3 is 0 Å². The van der Waals surface area contributed by atoms with Gasteiger partial charge in [-0.1, -0.05) is 48.2 Å². The van der Waals surface area contributed by atoms with Crippen LogP contribution in [0.3, 0.4) is 0 Å². The van der Waals surface area contributed by atoms with Crippen molar-refractivity contribution >= 4 is 71.9 Å². The fourth-order valence-corrected chi connectivity index (χ4v) is 7.35. The molecule has 1 aliphatic carbocycles. The molecule has 0 unspecified atom stereocenters. The van der Waals surface area contributed by atoms with Gasteiger partial charge in [-0.3, -0.25) is 14.2 Å². The lowest BCUT2D eigenvalue weighted by molar-refractivity contribution is 0.0964. The molecule has 1 saturated carbocycles. The van der Waals surface area contributed by atoms with Crippen LogP contribution in [0.4, 0.5) is 8.78 Å². The van der Waals surface area contributed by atoms with Crippen molar-refractivity contribution in [2.45, 2.75) is 30.4 Å². The van der Waals surface area contributed by atoms with E-state index in [0.717, 1.165) is 22.9 Å². The van der Waals surface area contributed by atoms with Crippen LogP contribution in [0.1, 0.15) is 57.5 Å². The molecule has 2 N–H and O–H groups in total. The Morgan fingerprint density at radius 3 is 2.31 bits per heavy atom. The highest BCUT2D eigenvalue weighted by molar-refractivity contribution is 9.10. The first-order chi connectivity index (χ1) is 18.4. The van der Waals surface area contributed by atoms with E-state index in [2.05, 4.69) is 20.9 Å². The number of aromatic nitrogens is 2. The van der Waals surface area contributed by atoms with E-state index < -0.39 is 43.7 Å². The summed E-state index contributed by atoms with van der Waals surface area (Å²) in [6.07, 6.45) is 3.49. The Morgan fingerprint density at radius 2 is 1.69 bits per heavy atom. The zero-order valence-electron chi connectivity index (χ0n) is 19.9. The van der Waals surface area contributed by atoms with Gasteiger partial charge in [0.05, 0.1) is 26.7 Å². The summed E-state index contributed by atoms with van der Waals surface area (Å²) in [7, 11) is -4.31. The van der Waals surface area contributed by atoms with Crippen LogP contribution in [0.15, 0.2) is 53.3 Å². The van der Waals surface area contributed by atoms with Crippen LogP contribution in [0.5, 0.6) is 0 Å². The molecule has 0 atom stereocenters. The second-order valence-corrected chi connectivity index (χ2v) is 12.8. The number of hydrogen-bond donors (Lipinski definition) is 1. The maximum absolute atomic E-state index is 16.0. The number of primary sulfonamides is 1. The Morgan fingerprint density at radius 1 is 1.05 bits per heavy atom. The van der Waals surface area contributed by atoms with Gasteiger partial charge in [0.1, 0.15) is 22.0 Å². The number of carbonyl (C=O) groups excluding carboxylic acids is 2. The minimum Gasteiger partial charge on any atom is -0.288 e. The summed E-state index contributed by atoms with van der Waals surface area (Å²) >= 11 is 15.7. The molecular formula is C26H18BrCl2F2N3O4S. The van der Waals surface area contributed by atoms with Crippen molar-refractivity contribution in [2.24, 2.45) is 5.14 Å². The fraction of sp³-hybridized carbons (Fsp3) is 0.192. The third kappa shape index (κ3) is 4.50. The molecule has 0 bridgehead atoms. The minimum absolute atomic E-state index is 0.0105. The van der Waals surface area contributed by atoms with Gasteiger partial charge in [0.15, 0.2) is 0 Å². The van der Waals surface area contributed by atoms with E-state index in [0.29, 0.717) is 17.3 Å². The number of halogens is 5. The number of nitrogens with zero attached hydrogens (tertiary/aromatic N) is 2. The number of benzene rings is 2. The smallest absolute Gasteiger partial charge is 0.266 e. The zero-order chi connectivity index (χ0) is 28.3. The molecule has 0 spiro atoms. The van der Waals surface area contributed by atoms with Gasteiger partial charge in [-0.05, 0) is 53.0 Å². The number of hydrogen-bond acceptors (Lipinski definition) is 5. The summed E-state index contributed by atoms with van der Waals surface area (Å²) in [5.74, 6) is -4.36. The Labute approximate surface area is 240 Å². The Balaban J connectivity index is 1.72. The van der Waals surface area contributed by atoms with E-state index in [-0.39, 0.29) is 50.6 Å². The number of carbonyl (C=O) groups is 2. The molecule has 0 aliphatic heterocycles. The summed E-state index contributed by atoms with van der Waals surface area (Å²) in [4.78, 5) is 31.5. The van der Waals surface area contributed by atoms with Gasteiger partial charge in [-0.25, -0.2) is 27.3 Å². The number of fused-ring (bicyclic) bond motifs is 1. The molecule has 2 aromatic heterocycles. The van der Waals surface area contributed by atoms with Gasteiger partial charge in [0, 0.05) is 27.8 Å². The largest absolute Gasteiger partial charge is 0.288 e. The number of rotatable bonds is 5. The van der Waals surface area contributed by atoms with Crippen LogP contribution in [-0.2, 0) is 14.8 Å². The molecule has 1 aliphatic rings. The number of ketones is 1. The van der Waals surface area contributed by atoms with E-state index >= 15 is 8.78 Å². The van der Waals surface area contributed by atoms with E-state index in [1.54, 1.807) is 6.07 Å². The summed E-state index contributed by atoms with van der Waals surface area (Å²) in [6, 6.07) is 7.80. The standard InChI is InChI=1S/C26H18BrCl2F2N3O4S/c27-13-10-14-15(12-34(24(14)33-11-13)25(36)20-17(28)4-3-5-18(20)29)23(35)21-19(30)7-6-16(22(21)31)26(39(32,37)38)8-1-2-9-26/h3-7,10-12H,1-2,8-9H2,(H2,32,37,38). The second-order valence-electron chi connectivity index (χ2n) is 9.20. The van der Waals surface area contributed by atoms with Crippen LogP contribution in [0.2, 0.25) is 10.0 Å². The van der Waals surface area contributed by atoms with Crippen molar-refractivity contribution in [1.82, 2.24) is 9.55 Å². The summed E-state index contributed by atoms with van der Waals surface area (Å²) in [5, 5.41) is 5.72. The van der Waals surface area contributed by atoms with E-state index in [1.807, 2.05) is 0 Å². The maximum atomic E-state index is 16.0. The molecule has 39 heavy (non-hydrogen) atoms. The van der Waals surface area contributed by atoms with Crippen LogP contribution >= 0.6 is 39.1 Å². The third-order valence-electron chi connectivity index (χ3n) is 7.01. The molecule has 1 fully saturated rings. The van der Waals surface area contributed by atoms with Crippen molar-refractivity contribution in [2.75, 3.05) is 0 Å². The predicted octanol–water partition coefficient (Wildman–Crippen LogP) is 6.36. The predicted molar refractivity (Wildman–Crippen MR) is 147 cm³/mol. The molecule has 4 aromatic rings. The van der Waals surface area contributed by atoms with Crippen molar-refractivity contribution < 1.29 is 26.8 Å². The summed E-state index contributed by atoms with van der Waals surface area (Å²) in [6.45, 7) is 0. The lowest BCUT2D eigenvalue weighted by Gasteiger charge is -2.28. The molecule has 2 aromatic carbocycles. The lowest BCUT2D eigenvalue weighted by atomic mass is 9.91. The molecule has 5 rings (SSSR count). The highest BCUT2D eigenvalue weighted by Gasteiger charge is 2.48. The monoisotopic (exact) mass is 655 g/mol. The quantitative estimate of drug-likeness (QED) is 0.251. The summed E-state index contributed by atoms with van der Waals surface area (Å²) in [5.41, 5.74) is -1.63. The molecule has 0 radical (unpaired) electrons. The number of sulfonamides is 1. The molecular weight excluding hydrogens is 639 g/mol. The van der Waals surface area contributed by atoms with E-state index in [1.165, 1.54) is 24.4 Å². The topological polar surface area (TPSA) is 112 Å². The Hall–Kier alpha value is -2.70. The van der Waals surface area contributed by atoms with Crippen LogP contribution in [0.25, 0.3) is 11.0 Å². The van der Waals surface area contributed by atoms with Gasteiger partial charge in [0.25, 0.3) is 5.91 Å². The molecule has 2 heterocycles. The van der Waals surface area contributed by atoms with Crippen molar-refractivity contribution in [3.05, 3.63) is 97.2 Å². The average Bonchev–Trinajstić information content (AvgIpc) is 3.50. The Bertz CT molecular complexity index is 1780. The number of nitrogens with two attached hydrogens (primary N) is 1. The first-order valence-corrected chi connectivity index (χ1v) is 14.7. The Kier molecular flexibility index (Phi) is 7.17.